The van der Waals surface area contributed by atoms with Gasteiger partial charge in [-0.15, -0.1) is 0 Å². The van der Waals surface area contributed by atoms with Crippen LogP contribution in [0.4, 0.5) is 4.79 Å². The fraction of sp³-hybridized carbons (Fsp3) is 0.320. The van der Waals surface area contributed by atoms with E-state index >= 15 is 0 Å². The zero-order valence-corrected chi connectivity index (χ0v) is 21.4. The third kappa shape index (κ3) is 3.38. The third-order valence-electron chi connectivity index (χ3n) is 7.29. The van der Waals surface area contributed by atoms with Crippen LogP contribution < -0.4 is 4.74 Å². The van der Waals surface area contributed by atoms with E-state index in [1.807, 2.05) is 0 Å². The normalized spacial score (nSPS) is 27.3. The molecule has 3 aliphatic carbocycles. The Bertz CT molecular complexity index is 1380. The summed E-state index contributed by atoms with van der Waals surface area (Å²) in [6.07, 6.45) is 2.16. The van der Waals surface area contributed by atoms with Gasteiger partial charge in [-0.25, -0.2) is 4.79 Å². The summed E-state index contributed by atoms with van der Waals surface area (Å²) in [5, 5.41) is 10.2. The number of carbonyl (C=O) groups is 5. The van der Waals surface area contributed by atoms with E-state index in [9.17, 15) is 29.1 Å². The lowest BCUT2D eigenvalue weighted by Crippen LogP contribution is -2.40. The molecule has 1 saturated heterocycles. The molecule has 1 aliphatic heterocycles. The van der Waals surface area contributed by atoms with Crippen LogP contribution in [0, 0.1) is 17.8 Å². The van der Waals surface area contributed by atoms with Gasteiger partial charge < -0.3 is 14.6 Å². The highest BCUT2D eigenvalue weighted by atomic mass is 79.9. The number of allylic oxidation sites excluding steroid dienone is 6. The molecule has 11 heteroatoms. The van der Waals surface area contributed by atoms with Gasteiger partial charge in [-0.1, -0.05) is 23.3 Å². The molecule has 0 radical (unpaired) electrons. The molecule has 1 aromatic carbocycles. The Hall–Kier alpha value is -3.24. The first-order valence-corrected chi connectivity index (χ1v) is 12.2. The van der Waals surface area contributed by atoms with Gasteiger partial charge in [0.05, 0.1) is 35.6 Å². The van der Waals surface area contributed by atoms with Crippen LogP contribution >= 0.6 is 27.5 Å². The number of halogens is 2. The number of ketones is 2. The van der Waals surface area contributed by atoms with Crippen LogP contribution in [0.1, 0.15) is 24.3 Å². The molecular weight excluding hydrogens is 558 g/mol. The maximum atomic E-state index is 13.3. The van der Waals surface area contributed by atoms with Gasteiger partial charge in [0, 0.05) is 23.1 Å². The minimum Gasteiger partial charge on any atom is -0.503 e. The van der Waals surface area contributed by atoms with Gasteiger partial charge in [-0.3, -0.25) is 19.2 Å². The number of nitrogens with zero attached hydrogens (tertiary/aromatic N) is 1. The molecule has 4 aliphatic rings. The predicted molar refractivity (Wildman–Crippen MR) is 129 cm³/mol. The summed E-state index contributed by atoms with van der Waals surface area (Å²) in [7, 11) is 2.44. The Morgan fingerprint density at radius 3 is 2.53 bits per heavy atom. The maximum Gasteiger partial charge on any atom is 0.423 e. The minimum absolute atomic E-state index is 0.0156. The van der Waals surface area contributed by atoms with Gasteiger partial charge in [0.15, 0.2) is 23.1 Å². The number of phenolic OH excluding ortho intramolecular Hbond substituents is 1. The average molecular weight is 577 g/mol. The summed E-state index contributed by atoms with van der Waals surface area (Å²) in [6.45, 7) is 0. The van der Waals surface area contributed by atoms with Crippen molar-refractivity contribution < 1.29 is 38.6 Å². The van der Waals surface area contributed by atoms with Gasteiger partial charge >= 0.3 is 6.09 Å². The molecule has 5 rings (SSSR count). The van der Waals surface area contributed by atoms with Gasteiger partial charge in [-0.05, 0) is 52.4 Å². The van der Waals surface area contributed by atoms with Crippen molar-refractivity contribution in [3.05, 3.63) is 56.1 Å². The molecule has 1 N–H and O–H groups in total. The lowest BCUT2D eigenvalue weighted by molar-refractivity contribution is -0.137. The van der Waals surface area contributed by atoms with Crippen LogP contribution in [-0.2, 0) is 23.9 Å². The smallest absolute Gasteiger partial charge is 0.423 e. The van der Waals surface area contributed by atoms with Crippen LogP contribution in [0.5, 0.6) is 11.5 Å². The number of hydrogen-bond acceptors (Lipinski definition) is 8. The van der Waals surface area contributed by atoms with Crippen LogP contribution in [0.15, 0.2) is 45.5 Å². The minimum atomic E-state index is -1.06. The van der Waals surface area contributed by atoms with E-state index in [1.165, 1.54) is 25.3 Å². The van der Waals surface area contributed by atoms with E-state index in [0.717, 1.165) is 7.11 Å². The first-order chi connectivity index (χ1) is 17.1. The number of imide groups is 3. The Morgan fingerprint density at radius 2 is 1.86 bits per heavy atom. The second-order valence-corrected chi connectivity index (χ2v) is 10.2. The molecular formula is C25H19BrClNO8. The van der Waals surface area contributed by atoms with Gasteiger partial charge in [0.1, 0.15) is 0 Å². The van der Waals surface area contributed by atoms with Gasteiger partial charge in [0.2, 0.25) is 11.8 Å². The van der Waals surface area contributed by atoms with E-state index in [-0.39, 0.29) is 50.8 Å². The van der Waals surface area contributed by atoms with Crippen LogP contribution in [0.25, 0.3) is 0 Å². The van der Waals surface area contributed by atoms with Gasteiger partial charge in [-0.2, -0.15) is 4.90 Å². The van der Waals surface area contributed by atoms with Crippen molar-refractivity contribution in [3.63, 3.8) is 0 Å². The molecule has 0 bridgehead atoms. The summed E-state index contributed by atoms with van der Waals surface area (Å²) in [5.74, 6) is -5.43. The number of methoxy groups -OCH3 is 2. The highest BCUT2D eigenvalue weighted by molar-refractivity contribution is 9.12. The van der Waals surface area contributed by atoms with E-state index in [4.69, 9.17) is 16.3 Å². The Morgan fingerprint density at radius 1 is 1.14 bits per heavy atom. The zero-order chi connectivity index (χ0) is 26.0. The highest BCUT2D eigenvalue weighted by Gasteiger charge is 2.58. The SMILES string of the molecule is COC(=O)N1C(=O)[C@H]2[C@H](CC=C3[C@H](c4cc(Cl)c(O)c(OC)c4)C4=C(C[C@H]32)C(=O)C(Br)=CC4=O)C1=O. The fourth-order valence-corrected chi connectivity index (χ4v) is 6.44. The Balaban J connectivity index is 1.71. The van der Waals surface area contributed by atoms with E-state index in [2.05, 4.69) is 20.7 Å². The van der Waals surface area contributed by atoms with Crippen molar-refractivity contribution >= 4 is 57.0 Å². The largest absolute Gasteiger partial charge is 0.503 e. The van der Waals surface area contributed by atoms with Crippen LogP contribution in [-0.4, -0.2) is 53.7 Å². The molecule has 0 spiro atoms. The molecule has 9 nitrogen and oxygen atoms in total. The Kier molecular flexibility index (Phi) is 5.91. The number of likely N-dealkylation sites (tertiary alicyclic amines) is 1. The van der Waals surface area contributed by atoms with Crippen molar-refractivity contribution in [1.29, 1.82) is 0 Å². The average Bonchev–Trinajstić information content (AvgIpc) is 3.12. The molecule has 1 heterocycles. The summed E-state index contributed by atoms with van der Waals surface area (Å²) < 4.78 is 9.99. The molecule has 0 saturated carbocycles. The summed E-state index contributed by atoms with van der Waals surface area (Å²) >= 11 is 9.42. The van der Waals surface area contributed by atoms with E-state index in [1.54, 1.807) is 6.08 Å². The number of phenols is 1. The van der Waals surface area contributed by atoms with Crippen molar-refractivity contribution in [2.24, 2.45) is 17.8 Å². The monoisotopic (exact) mass is 575 g/mol. The number of hydrogen-bond donors (Lipinski definition) is 1. The van der Waals surface area contributed by atoms with Gasteiger partial charge in [0.25, 0.3) is 0 Å². The molecule has 1 fully saturated rings. The first-order valence-electron chi connectivity index (χ1n) is 11.0. The third-order valence-corrected chi connectivity index (χ3v) is 8.17. The summed E-state index contributed by atoms with van der Waals surface area (Å²) in [6, 6.07) is 3.01. The number of ether oxygens (including phenoxy) is 2. The number of aromatic hydroxyl groups is 1. The standard InChI is InChI=1S/C25H19BrClNO8/c1-35-17-6-9(5-15(27)22(17)31)18-10-3-4-11-19(24(33)28(23(11)32)25(34)36-2)12(10)7-13-20(18)16(29)8-14(26)21(13)30/h3,5-6,8,11-12,18-19,31H,4,7H2,1-2H3/t11-,12+,18-,19-/m0/s1. The summed E-state index contributed by atoms with van der Waals surface area (Å²) in [4.78, 5) is 65.4. The molecule has 186 valence electrons. The number of rotatable bonds is 2. The zero-order valence-electron chi connectivity index (χ0n) is 19.0. The molecule has 4 atom stereocenters. The number of Topliss-reactive ketones (excluding diaryl/α,β-unsaturated/α-hetero) is 1. The molecule has 0 unspecified atom stereocenters. The lowest BCUT2D eigenvalue weighted by atomic mass is 9.59. The van der Waals surface area contributed by atoms with Crippen LogP contribution in [0.3, 0.4) is 0 Å². The van der Waals surface area contributed by atoms with Crippen molar-refractivity contribution in [3.8, 4) is 11.5 Å². The van der Waals surface area contributed by atoms with Crippen molar-refractivity contribution in [1.82, 2.24) is 4.90 Å². The van der Waals surface area contributed by atoms with Crippen molar-refractivity contribution in [2.75, 3.05) is 14.2 Å². The van der Waals surface area contributed by atoms with Crippen LogP contribution in [0.2, 0.25) is 5.02 Å². The second-order valence-electron chi connectivity index (χ2n) is 8.93. The molecule has 3 amide bonds. The first kappa shape index (κ1) is 24.5. The Labute approximate surface area is 218 Å². The molecule has 0 aromatic heterocycles. The quantitative estimate of drug-likeness (QED) is 0.322. The van der Waals surface area contributed by atoms with E-state index < -0.39 is 47.4 Å². The molecule has 1 aromatic rings. The van der Waals surface area contributed by atoms with Crippen molar-refractivity contribution in [2.45, 2.75) is 18.8 Å². The molecule has 36 heavy (non-hydrogen) atoms. The summed E-state index contributed by atoms with van der Waals surface area (Å²) in [5.41, 5.74) is 1.61. The number of benzene rings is 1. The topological polar surface area (TPSA) is 127 Å². The number of amides is 3. The predicted octanol–water partition coefficient (Wildman–Crippen LogP) is 3.58. The van der Waals surface area contributed by atoms with E-state index in [0.29, 0.717) is 16.0 Å². The fourth-order valence-electron chi connectivity index (χ4n) is 5.77. The lowest BCUT2D eigenvalue weighted by Gasteiger charge is -2.42. The maximum absolute atomic E-state index is 13.3. The number of fused-ring (bicyclic) bond motifs is 3. The second kappa shape index (κ2) is 8.70. The highest BCUT2D eigenvalue weighted by Crippen LogP contribution is 2.56. The number of carbonyl (C=O) groups excluding carboxylic acids is 5.